The van der Waals surface area contributed by atoms with Crippen molar-refractivity contribution < 1.29 is 4.39 Å². The average molecular weight is 314 g/mol. The first-order chi connectivity index (χ1) is 8.61. The van der Waals surface area contributed by atoms with Gasteiger partial charge in [0.15, 0.2) is 0 Å². The molecule has 100 valence electrons. The predicted molar refractivity (Wildman–Crippen MR) is 77.0 cm³/mol. The lowest BCUT2D eigenvalue weighted by atomic mass is 9.77. The van der Waals surface area contributed by atoms with Crippen molar-refractivity contribution in [3.8, 4) is 0 Å². The molecular weight excluding hydrogens is 293 g/mol. The van der Waals surface area contributed by atoms with Gasteiger partial charge in [0.2, 0.25) is 0 Å². The van der Waals surface area contributed by atoms with Crippen LogP contribution in [-0.4, -0.2) is 7.05 Å². The van der Waals surface area contributed by atoms with Crippen LogP contribution in [-0.2, 0) is 0 Å². The highest BCUT2D eigenvalue weighted by Gasteiger charge is 2.27. The predicted octanol–water partition coefficient (Wildman–Crippen LogP) is 4.68. The maximum atomic E-state index is 13.2. The Morgan fingerprint density at radius 1 is 1.28 bits per heavy atom. The standard InChI is InChI=1S/C15H21BrFN/c1-10-3-5-11(6-4-10)15(18-2)13-8-7-12(17)9-14(13)16/h7-11,15,18H,3-6H2,1-2H3. The van der Waals surface area contributed by atoms with Crippen LogP contribution in [0.5, 0.6) is 0 Å². The third-order valence-electron chi connectivity index (χ3n) is 4.14. The van der Waals surface area contributed by atoms with Gasteiger partial charge in [-0.15, -0.1) is 0 Å². The second kappa shape index (κ2) is 6.16. The number of hydrogen-bond acceptors (Lipinski definition) is 1. The van der Waals surface area contributed by atoms with Crippen LogP contribution < -0.4 is 5.32 Å². The molecule has 1 aromatic carbocycles. The second-order valence-electron chi connectivity index (χ2n) is 5.45. The zero-order valence-electron chi connectivity index (χ0n) is 11.0. The summed E-state index contributed by atoms with van der Waals surface area (Å²) in [5.41, 5.74) is 1.18. The van der Waals surface area contributed by atoms with Crippen molar-refractivity contribution in [3.63, 3.8) is 0 Å². The number of rotatable bonds is 3. The average Bonchev–Trinajstić information content (AvgIpc) is 2.35. The van der Waals surface area contributed by atoms with Gasteiger partial charge in [-0.25, -0.2) is 4.39 Å². The van der Waals surface area contributed by atoms with Crippen molar-refractivity contribution in [3.05, 3.63) is 34.1 Å². The SMILES string of the molecule is CNC(c1ccc(F)cc1Br)C1CCC(C)CC1. The van der Waals surface area contributed by atoms with Gasteiger partial charge in [-0.3, -0.25) is 0 Å². The molecule has 0 amide bonds. The van der Waals surface area contributed by atoms with Gasteiger partial charge in [0.1, 0.15) is 5.82 Å². The van der Waals surface area contributed by atoms with Crippen molar-refractivity contribution >= 4 is 15.9 Å². The molecule has 0 bridgehead atoms. The van der Waals surface area contributed by atoms with Crippen molar-refractivity contribution in [1.82, 2.24) is 5.32 Å². The summed E-state index contributed by atoms with van der Waals surface area (Å²) in [7, 11) is 2.00. The summed E-state index contributed by atoms with van der Waals surface area (Å²) in [6.07, 6.45) is 5.14. The van der Waals surface area contributed by atoms with Crippen LogP contribution in [0.2, 0.25) is 0 Å². The zero-order valence-corrected chi connectivity index (χ0v) is 12.6. The van der Waals surface area contributed by atoms with E-state index < -0.39 is 0 Å². The summed E-state index contributed by atoms with van der Waals surface area (Å²) in [4.78, 5) is 0. The first kappa shape index (κ1) is 14.0. The summed E-state index contributed by atoms with van der Waals surface area (Å²) in [6, 6.07) is 5.34. The molecule has 1 N–H and O–H groups in total. The topological polar surface area (TPSA) is 12.0 Å². The van der Waals surface area contributed by atoms with E-state index in [-0.39, 0.29) is 5.82 Å². The molecule has 1 aliphatic carbocycles. The summed E-state index contributed by atoms with van der Waals surface area (Å²) < 4.78 is 14.0. The highest BCUT2D eigenvalue weighted by atomic mass is 79.9. The fraction of sp³-hybridized carbons (Fsp3) is 0.600. The van der Waals surface area contributed by atoms with Crippen LogP contribution in [0.25, 0.3) is 0 Å². The lowest BCUT2D eigenvalue weighted by Gasteiger charge is -2.33. The molecule has 1 saturated carbocycles. The van der Waals surface area contributed by atoms with E-state index in [1.165, 1.54) is 31.2 Å². The van der Waals surface area contributed by atoms with Gasteiger partial charge in [0.25, 0.3) is 0 Å². The summed E-state index contributed by atoms with van der Waals surface area (Å²) >= 11 is 3.49. The van der Waals surface area contributed by atoms with Crippen LogP contribution in [0, 0.1) is 17.7 Å². The Balaban J connectivity index is 2.17. The van der Waals surface area contributed by atoms with Gasteiger partial charge in [-0.2, -0.15) is 0 Å². The first-order valence-corrected chi connectivity index (χ1v) is 7.53. The highest BCUT2D eigenvalue weighted by Crippen LogP contribution is 2.38. The molecule has 0 aliphatic heterocycles. The Morgan fingerprint density at radius 2 is 1.94 bits per heavy atom. The minimum absolute atomic E-state index is 0.183. The van der Waals surface area contributed by atoms with Gasteiger partial charge in [-0.05, 0) is 49.4 Å². The van der Waals surface area contributed by atoms with E-state index in [0.717, 1.165) is 10.4 Å². The van der Waals surface area contributed by atoms with E-state index in [1.807, 2.05) is 13.1 Å². The van der Waals surface area contributed by atoms with Gasteiger partial charge < -0.3 is 5.32 Å². The first-order valence-electron chi connectivity index (χ1n) is 6.74. The van der Waals surface area contributed by atoms with Gasteiger partial charge >= 0.3 is 0 Å². The van der Waals surface area contributed by atoms with Crippen molar-refractivity contribution in [2.24, 2.45) is 11.8 Å². The summed E-state index contributed by atoms with van der Waals surface area (Å²) in [6.45, 7) is 2.33. The summed E-state index contributed by atoms with van der Waals surface area (Å²) in [5, 5.41) is 3.41. The van der Waals surface area contributed by atoms with E-state index in [4.69, 9.17) is 0 Å². The zero-order chi connectivity index (χ0) is 13.1. The molecule has 1 aliphatic rings. The molecule has 1 aromatic rings. The number of hydrogen-bond donors (Lipinski definition) is 1. The Bertz CT molecular complexity index is 399. The molecule has 1 fully saturated rings. The van der Waals surface area contributed by atoms with Crippen molar-refractivity contribution in [2.45, 2.75) is 38.6 Å². The van der Waals surface area contributed by atoms with Crippen LogP contribution in [0.1, 0.15) is 44.2 Å². The minimum atomic E-state index is -0.183. The molecule has 0 radical (unpaired) electrons. The quantitative estimate of drug-likeness (QED) is 0.854. The van der Waals surface area contributed by atoms with E-state index in [1.54, 1.807) is 12.1 Å². The molecule has 1 nitrogen and oxygen atoms in total. The molecule has 2 rings (SSSR count). The van der Waals surface area contributed by atoms with E-state index in [0.29, 0.717) is 12.0 Å². The molecule has 0 heterocycles. The maximum Gasteiger partial charge on any atom is 0.124 e. The smallest absolute Gasteiger partial charge is 0.124 e. The lowest BCUT2D eigenvalue weighted by molar-refractivity contribution is 0.237. The Labute approximate surface area is 117 Å². The van der Waals surface area contributed by atoms with E-state index in [9.17, 15) is 4.39 Å². The third kappa shape index (κ3) is 3.12. The van der Waals surface area contributed by atoms with Crippen molar-refractivity contribution in [1.29, 1.82) is 0 Å². The van der Waals surface area contributed by atoms with E-state index in [2.05, 4.69) is 28.2 Å². The molecule has 0 saturated heterocycles. The van der Waals surface area contributed by atoms with E-state index >= 15 is 0 Å². The van der Waals surface area contributed by atoms with Gasteiger partial charge in [-0.1, -0.05) is 41.8 Å². The third-order valence-corrected chi connectivity index (χ3v) is 4.83. The van der Waals surface area contributed by atoms with Gasteiger partial charge in [0, 0.05) is 10.5 Å². The van der Waals surface area contributed by atoms with Gasteiger partial charge in [0.05, 0.1) is 0 Å². The molecule has 0 aromatic heterocycles. The lowest BCUT2D eigenvalue weighted by Crippen LogP contribution is -2.28. The molecule has 18 heavy (non-hydrogen) atoms. The fourth-order valence-corrected chi connectivity index (χ4v) is 3.62. The number of nitrogens with one attached hydrogen (secondary N) is 1. The minimum Gasteiger partial charge on any atom is -0.313 e. The Hall–Kier alpha value is -0.410. The number of benzene rings is 1. The Morgan fingerprint density at radius 3 is 2.50 bits per heavy atom. The molecule has 1 atom stereocenters. The number of halogens is 2. The normalized spacial score (nSPS) is 26.0. The monoisotopic (exact) mass is 313 g/mol. The molecule has 3 heteroatoms. The maximum absolute atomic E-state index is 13.2. The van der Waals surface area contributed by atoms with Crippen molar-refractivity contribution in [2.75, 3.05) is 7.05 Å². The second-order valence-corrected chi connectivity index (χ2v) is 6.31. The van der Waals surface area contributed by atoms with Crippen LogP contribution in [0.4, 0.5) is 4.39 Å². The van der Waals surface area contributed by atoms with Crippen LogP contribution in [0.15, 0.2) is 22.7 Å². The van der Waals surface area contributed by atoms with Crippen LogP contribution >= 0.6 is 15.9 Å². The molecular formula is C15H21BrFN. The largest absolute Gasteiger partial charge is 0.313 e. The Kier molecular flexibility index (Phi) is 4.79. The fourth-order valence-electron chi connectivity index (χ4n) is 3.02. The molecule has 1 unspecified atom stereocenters. The molecule has 0 spiro atoms. The van der Waals surface area contributed by atoms with Crippen LogP contribution in [0.3, 0.4) is 0 Å². The highest BCUT2D eigenvalue weighted by molar-refractivity contribution is 9.10. The summed E-state index contributed by atoms with van der Waals surface area (Å²) in [5.74, 6) is 1.33.